The Hall–Kier alpha value is -4.54. The second-order valence-electron chi connectivity index (χ2n) is 15.5. The standard InChI is InChI=1S/C43H58N4O12/c1-8-19-52-43(50)45-36-26(3)25(2)35(24-53-29(6)48)58-41(36)57-34-21-32(40(49)51-7)20-33(46-47-44)38(34)59-42-39(55-23-31-17-13-10-14-18-31)37(27(4)28(5)56-42)54-22-30-15-11-9-12-16-30/h8-18,25-28,32-39,41-42H,1,19-24H2,2-7H3,(H,45,50)/t25-,26?,27-,28?,32?,33-,34-,35+,36?,37+,38-,39?,41-,42+/m1/s1. The largest absolute Gasteiger partial charge is 0.469 e. The summed E-state index contributed by atoms with van der Waals surface area (Å²) >= 11 is 0. The Bertz CT molecular complexity index is 1710. The number of esters is 2. The van der Waals surface area contributed by atoms with Crippen LogP contribution in [0.1, 0.15) is 58.6 Å². The van der Waals surface area contributed by atoms with E-state index in [1.807, 2.05) is 88.4 Å². The number of nitrogens with one attached hydrogen (secondary N) is 1. The van der Waals surface area contributed by atoms with Crippen molar-refractivity contribution in [3.8, 4) is 0 Å². The Morgan fingerprint density at radius 2 is 1.49 bits per heavy atom. The molecule has 1 amide bonds. The number of azide groups is 1. The highest BCUT2D eigenvalue weighted by Crippen LogP contribution is 2.40. The van der Waals surface area contributed by atoms with Gasteiger partial charge in [0, 0.05) is 17.8 Å². The predicted octanol–water partition coefficient (Wildman–Crippen LogP) is 6.41. The summed E-state index contributed by atoms with van der Waals surface area (Å²) in [7, 11) is 1.29. The maximum absolute atomic E-state index is 13.2. The fraction of sp³-hybridized carbons (Fsp3) is 0.605. The van der Waals surface area contributed by atoms with Gasteiger partial charge in [-0.3, -0.25) is 9.59 Å². The molecule has 2 aromatic carbocycles. The third-order valence-corrected chi connectivity index (χ3v) is 11.5. The summed E-state index contributed by atoms with van der Waals surface area (Å²) in [6.07, 6.45) is -5.62. The molecule has 0 aromatic heterocycles. The third-order valence-electron chi connectivity index (χ3n) is 11.5. The number of benzene rings is 2. The van der Waals surface area contributed by atoms with Crippen LogP contribution < -0.4 is 5.32 Å². The fourth-order valence-corrected chi connectivity index (χ4v) is 7.87. The van der Waals surface area contributed by atoms with Gasteiger partial charge in [-0.25, -0.2) is 4.79 Å². The van der Waals surface area contributed by atoms with Crippen LogP contribution in [0.5, 0.6) is 0 Å². The smallest absolute Gasteiger partial charge is 0.407 e. The average molecular weight is 823 g/mol. The van der Waals surface area contributed by atoms with Crippen molar-refractivity contribution in [2.24, 2.45) is 28.8 Å². The minimum absolute atomic E-state index is 0.0286. The Kier molecular flexibility index (Phi) is 17.1. The van der Waals surface area contributed by atoms with E-state index in [0.717, 1.165) is 11.1 Å². The van der Waals surface area contributed by atoms with E-state index in [-0.39, 0.29) is 56.5 Å². The van der Waals surface area contributed by atoms with Crippen LogP contribution in [-0.4, -0.2) is 99.6 Å². The molecule has 16 heteroatoms. The maximum Gasteiger partial charge on any atom is 0.407 e. The van der Waals surface area contributed by atoms with Crippen molar-refractivity contribution in [3.63, 3.8) is 0 Å². The summed E-state index contributed by atoms with van der Waals surface area (Å²) < 4.78 is 55.9. The maximum atomic E-state index is 13.2. The summed E-state index contributed by atoms with van der Waals surface area (Å²) in [5.74, 6) is -2.39. The molecule has 2 aromatic rings. The molecule has 3 fully saturated rings. The summed E-state index contributed by atoms with van der Waals surface area (Å²) in [5.41, 5.74) is 11.8. The van der Waals surface area contributed by atoms with E-state index in [1.54, 1.807) is 0 Å². The molecular weight excluding hydrogens is 764 g/mol. The molecule has 14 atom stereocenters. The van der Waals surface area contributed by atoms with Crippen molar-refractivity contribution >= 4 is 18.0 Å². The van der Waals surface area contributed by atoms with Gasteiger partial charge in [-0.05, 0) is 48.3 Å². The fourth-order valence-electron chi connectivity index (χ4n) is 7.87. The lowest BCUT2D eigenvalue weighted by Gasteiger charge is -2.49. The first-order valence-electron chi connectivity index (χ1n) is 20.2. The lowest BCUT2D eigenvalue weighted by Crippen LogP contribution is -2.62. The van der Waals surface area contributed by atoms with E-state index in [0.29, 0.717) is 6.61 Å². The van der Waals surface area contributed by atoms with Crippen LogP contribution in [0.15, 0.2) is 78.4 Å². The topological polar surface area (TPSA) is 195 Å². The molecule has 5 rings (SSSR count). The molecule has 1 aliphatic carbocycles. The van der Waals surface area contributed by atoms with Crippen molar-refractivity contribution < 1.29 is 57.0 Å². The molecule has 0 bridgehead atoms. The van der Waals surface area contributed by atoms with Crippen LogP contribution in [0.3, 0.4) is 0 Å². The van der Waals surface area contributed by atoms with Gasteiger partial charge in [0.1, 0.15) is 19.3 Å². The first-order chi connectivity index (χ1) is 28.4. The minimum atomic E-state index is -1.17. The molecule has 322 valence electrons. The van der Waals surface area contributed by atoms with Gasteiger partial charge >= 0.3 is 18.0 Å². The molecule has 1 N–H and O–H groups in total. The van der Waals surface area contributed by atoms with Crippen LogP contribution in [0.25, 0.3) is 10.4 Å². The van der Waals surface area contributed by atoms with Gasteiger partial charge in [0.15, 0.2) is 12.6 Å². The third kappa shape index (κ3) is 12.3. The van der Waals surface area contributed by atoms with E-state index < -0.39 is 79.1 Å². The normalized spacial score (nSPS) is 33.1. The van der Waals surface area contributed by atoms with Crippen molar-refractivity contribution in [1.29, 1.82) is 0 Å². The number of alkyl carbamates (subject to hydrolysis) is 1. The Balaban J connectivity index is 1.51. The number of rotatable bonds is 17. The number of hydrogen-bond donors (Lipinski definition) is 1. The molecule has 2 aliphatic heterocycles. The number of amides is 1. The molecule has 16 nitrogen and oxygen atoms in total. The molecule has 2 heterocycles. The number of methoxy groups -OCH3 is 1. The number of carbonyl (C=O) groups is 3. The summed E-state index contributed by atoms with van der Waals surface area (Å²) in [6, 6.07) is 17.8. The molecule has 0 spiro atoms. The lowest BCUT2D eigenvalue weighted by molar-refractivity contribution is -0.333. The van der Waals surface area contributed by atoms with Crippen LogP contribution in [0.4, 0.5) is 4.79 Å². The highest BCUT2D eigenvalue weighted by molar-refractivity contribution is 5.72. The van der Waals surface area contributed by atoms with E-state index in [1.165, 1.54) is 20.1 Å². The predicted molar refractivity (Wildman–Crippen MR) is 213 cm³/mol. The van der Waals surface area contributed by atoms with Crippen LogP contribution in [0.2, 0.25) is 0 Å². The van der Waals surface area contributed by atoms with E-state index in [2.05, 4.69) is 21.9 Å². The molecule has 2 saturated heterocycles. The minimum Gasteiger partial charge on any atom is -0.469 e. The first-order valence-corrected chi connectivity index (χ1v) is 20.2. The van der Waals surface area contributed by atoms with Crippen molar-refractivity contribution in [3.05, 3.63) is 94.9 Å². The second-order valence-corrected chi connectivity index (χ2v) is 15.5. The van der Waals surface area contributed by atoms with Gasteiger partial charge in [0.2, 0.25) is 0 Å². The number of ether oxygens (including phenoxy) is 9. The average Bonchev–Trinajstić information content (AvgIpc) is 3.23. The Morgan fingerprint density at radius 1 is 0.847 bits per heavy atom. The van der Waals surface area contributed by atoms with Gasteiger partial charge in [-0.1, -0.05) is 99.2 Å². The van der Waals surface area contributed by atoms with Gasteiger partial charge in [-0.2, -0.15) is 0 Å². The summed E-state index contributed by atoms with van der Waals surface area (Å²) in [6.45, 7) is 13.2. The SMILES string of the molecule is C=CCOC(=O)NC1C(C)[C@@H](C)[C@H](COC(C)=O)O[C@H]1O[C@@H]1CC(C(=O)OC)C[C@@H](N=[N+]=[N-])[C@H]1O[C@@H]1OC(C)[C@@H](C)[C@H](OCc2ccccc2)C1OCc1ccccc1. The van der Waals surface area contributed by atoms with Gasteiger partial charge in [0.05, 0.1) is 68.8 Å². The van der Waals surface area contributed by atoms with Crippen molar-refractivity contribution in [2.75, 3.05) is 20.3 Å². The van der Waals surface area contributed by atoms with Crippen LogP contribution in [-0.2, 0) is 65.4 Å². The highest BCUT2D eigenvalue weighted by Gasteiger charge is 2.52. The van der Waals surface area contributed by atoms with E-state index >= 15 is 0 Å². The van der Waals surface area contributed by atoms with Gasteiger partial charge in [-0.15, -0.1) is 0 Å². The quantitative estimate of drug-likeness (QED) is 0.0461. The molecule has 59 heavy (non-hydrogen) atoms. The first kappa shape index (κ1) is 45.5. The number of carbonyl (C=O) groups excluding carboxylic acids is 3. The molecular formula is C43H58N4O12. The van der Waals surface area contributed by atoms with Gasteiger partial charge in [0.25, 0.3) is 0 Å². The Labute approximate surface area is 345 Å². The molecule has 3 aliphatic rings. The summed E-state index contributed by atoms with van der Waals surface area (Å²) in [5, 5.41) is 7.00. The second kappa shape index (κ2) is 22.2. The molecule has 1 saturated carbocycles. The summed E-state index contributed by atoms with van der Waals surface area (Å²) in [4.78, 5) is 41.1. The number of hydrogen-bond acceptors (Lipinski definition) is 13. The highest BCUT2D eigenvalue weighted by atomic mass is 16.7. The molecule has 5 unspecified atom stereocenters. The van der Waals surface area contributed by atoms with E-state index in [9.17, 15) is 19.9 Å². The monoisotopic (exact) mass is 822 g/mol. The Morgan fingerprint density at radius 3 is 2.08 bits per heavy atom. The van der Waals surface area contributed by atoms with Crippen molar-refractivity contribution in [1.82, 2.24) is 5.32 Å². The van der Waals surface area contributed by atoms with Crippen molar-refractivity contribution in [2.45, 2.75) is 122 Å². The lowest BCUT2D eigenvalue weighted by atomic mass is 9.80. The van der Waals surface area contributed by atoms with Crippen LogP contribution >= 0.6 is 0 Å². The van der Waals surface area contributed by atoms with Crippen LogP contribution in [0, 0.1) is 23.7 Å². The molecule has 0 radical (unpaired) electrons. The zero-order chi connectivity index (χ0) is 42.5. The zero-order valence-electron chi connectivity index (χ0n) is 34.6. The number of nitrogens with zero attached hydrogens (tertiary/aromatic N) is 3. The van der Waals surface area contributed by atoms with E-state index in [4.69, 9.17) is 42.6 Å². The zero-order valence-corrected chi connectivity index (χ0v) is 34.6. The van der Waals surface area contributed by atoms with Gasteiger partial charge < -0.3 is 47.9 Å².